The third-order valence-corrected chi connectivity index (χ3v) is 5.21. The number of hydrogen-bond donors (Lipinski definition) is 1. The first-order valence-corrected chi connectivity index (χ1v) is 9.52. The molecule has 30 heavy (non-hydrogen) atoms. The smallest absolute Gasteiger partial charge is 0.221 e. The zero-order valence-electron chi connectivity index (χ0n) is 17.1. The molecule has 6 nitrogen and oxygen atoms in total. The molecule has 1 aliphatic rings. The lowest BCUT2D eigenvalue weighted by Gasteiger charge is -2.31. The predicted octanol–water partition coefficient (Wildman–Crippen LogP) is 3.89. The van der Waals surface area contributed by atoms with Crippen molar-refractivity contribution in [2.45, 2.75) is 12.5 Å². The quantitative estimate of drug-likeness (QED) is 0.673. The summed E-state index contributed by atoms with van der Waals surface area (Å²) in [5, 5.41) is 0. The number of ether oxygens (including phenoxy) is 4. The maximum absolute atomic E-state index is 11.5. The van der Waals surface area contributed by atoms with Gasteiger partial charge in [0.15, 0.2) is 11.5 Å². The highest BCUT2D eigenvalue weighted by Gasteiger charge is 2.30. The molecule has 1 heterocycles. The van der Waals surface area contributed by atoms with Crippen LogP contribution in [-0.2, 0) is 11.2 Å². The second-order valence-corrected chi connectivity index (χ2v) is 7.01. The van der Waals surface area contributed by atoms with E-state index in [1.807, 2.05) is 54.6 Å². The summed E-state index contributed by atoms with van der Waals surface area (Å²) in [6, 6.07) is 17.3. The Bertz CT molecular complexity index is 1110. The van der Waals surface area contributed by atoms with E-state index in [-0.39, 0.29) is 12.3 Å². The van der Waals surface area contributed by atoms with Gasteiger partial charge in [0.1, 0.15) is 17.6 Å². The van der Waals surface area contributed by atoms with Gasteiger partial charge in [-0.05, 0) is 35.4 Å². The van der Waals surface area contributed by atoms with Crippen LogP contribution in [0.5, 0.6) is 23.0 Å². The Hall–Kier alpha value is -3.67. The van der Waals surface area contributed by atoms with Crippen molar-refractivity contribution in [3.05, 3.63) is 71.3 Å². The Kier molecular flexibility index (Phi) is 5.23. The van der Waals surface area contributed by atoms with E-state index in [4.69, 9.17) is 24.7 Å². The van der Waals surface area contributed by atoms with E-state index < -0.39 is 6.10 Å². The molecule has 4 rings (SSSR count). The van der Waals surface area contributed by atoms with Crippen LogP contribution in [0.25, 0.3) is 11.1 Å². The fourth-order valence-corrected chi connectivity index (χ4v) is 3.87. The molecule has 0 saturated heterocycles. The lowest BCUT2D eigenvalue weighted by molar-refractivity contribution is -0.117. The highest BCUT2D eigenvalue weighted by molar-refractivity contribution is 5.83. The van der Waals surface area contributed by atoms with Crippen molar-refractivity contribution in [1.29, 1.82) is 0 Å². The van der Waals surface area contributed by atoms with E-state index in [9.17, 15) is 4.79 Å². The molecule has 6 heteroatoms. The maximum atomic E-state index is 11.5. The third-order valence-electron chi connectivity index (χ3n) is 5.21. The molecular formula is C24H23NO5. The van der Waals surface area contributed by atoms with Gasteiger partial charge < -0.3 is 24.7 Å². The topological polar surface area (TPSA) is 80.0 Å². The number of benzene rings is 3. The third kappa shape index (κ3) is 3.41. The molecule has 1 unspecified atom stereocenters. The van der Waals surface area contributed by atoms with Gasteiger partial charge in [-0.2, -0.15) is 0 Å². The second-order valence-electron chi connectivity index (χ2n) is 7.01. The van der Waals surface area contributed by atoms with E-state index in [0.717, 1.165) is 39.3 Å². The van der Waals surface area contributed by atoms with Gasteiger partial charge in [-0.1, -0.05) is 30.3 Å². The van der Waals surface area contributed by atoms with Crippen LogP contribution >= 0.6 is 0 Å². The fourth-order valence-electron chi connectivity index (χ4n) is 3.87. The summed E-state index contributed by atoms with van der Waals surface area (Å²) in [4.78, 5) is 11.5. The Morgan fingerprint density at radius 3 is 2.40 bits per heavy atom. The lowest BCUT2D eigenvalue weighted by atomic mass is 9.87. The molecule has 1 amide bonds. The van der Waals surface area contributed by atoms with Crippen molar-refractivity contribution in [2.75, 3.05) is 21.3 Å². The molecule has 0 saturated carbocycles. The number of hydrogen-bond acceptors (Lipinski definition) is 5. The van der Waals surface area contributed by atoms with Gasteiger partial charge in [0.2, 0.25) is 5.91 Å². The zero-order chi connectivity index (χ0) is 21.3. The lowest BCUT2D eigenvalue weighted by Crippen LogP contribution is -2.18. The molecule has 0 spiro atoms. The molecule has 0 radical (unpaired) electrons. The first-order valence-electron chi connectivity index (χ1n) is 9.52. The summed E-state index contributed by atoms with van der Waals surface area (Å²) >= 11 is 0. The van der Waals surface area contributed by atoms with Gasteiger partial charge in [0.25, 0.3) is 0 Å². The van der Waals surface area contributed by atoms with Crippen molar-refractivity contribution in [1.82, 2.24) is 0 Å². The summed E-state index contributed by atoms with van der Waals surface area (Å²) in [6.45, 7) is 0. The van der Waals surface area contributed by atoms with Crippen LogP contribution in [0.3, 0.4) is 0 Å². The van der Waals surface area contributed by atoms with E-state index >= 15 is 0 Å². The molecule has 0 fully saturated rings. The molecule has 0 aliphatic carbocycles. The molecule has 3 aromatic carbocycles. The maximum Gasteiger partial charge on any atom is 0.221 e. The van der Waals surface area contributed by atoms with Crippen LogP contribution in [0, 0.1) is 0 Å². The Morgan fingerprint density at radius 1 is 0.933 bits per heavy atom. The summed E-state index contributed by atoms with van der Waals surface area (Å²) in [6.07, 6.45) is -0.239. The van der Waals surface area contributed by atoms with E-state index in [2.05, 4.69) is 0 Å². The first kappa shape index (κ1) is 19.6. The first-order chi connectivity index (χ1) is 14.5. The van der Waals surface area contributed by atoms with Gasteiger partial charge in [0.05, 0.1) is 33.3 Å². The van der Waals surface area contributed by atoms with Crippen molar-refractivity contribution in [3.63, 3.8) is 0 Å². The molecule has 0 bridgehead atoms. The van der Waals surface area contributed by atoms with Gasteiger partial charge in [-0.25, -0.2) is 0 Å². The predicted molar refractivity (Wildman–Crippen MR) is 113 cm³/mol. The summed E-state index contributed by atoms with van der Waals surface area (Å²) < 4.78 is 22.8. The molecule has 2 N–H and O–H groups in total. The number of fused-ring (bicyclic) bond motifs is 3. The van der Waals surface area contributed by atoms with Crippen molar-refractivity contribution in [3.8, 4) is 34.1 Å². The number of carbonyl (C=O) groups excluding carboxylic acids is 1. The standard InChI is InChI=1S/C24H23NO5/c1-27-18-10-8-15(13-21(18)29-3)24-17-11-14(12-22(25)26)7-9-16(17)23-19(28-2)5-4-6-20(23)30-24/h4-11,13,24H,12H2,1-3H3,(H2,25,26). The van der Waals surface area contributed by atoms with Crippen molar-refractivity contribution >= 4 is 5.91 Å². The normalized spacial score (nSPS) is 14.2. The highest BCUT2D eigenvalue weighted by Crippen LogP contribution is 2.49. The monoisotopic (exact) mass is 405 g/mol. The molecule has 3 aromatic rings. The molecular weight excluding hydrogens is 382 g/mol. The van der Waals surface area contributed by atoms with Gasteiger partial charge >= 0.3 is 0 Å². The Morgan fingerprint density at radius 2 is 1.70 bits per heavy atom. The Balaban J connectivity index is 1.90. The fraction of sp³-hybridized carbons (Fsp3) is 0.208. The van der Waals surface area contributed by atoms with Crippen LogP contribution in [0.1, 0.15) is 22.8 Å². The van der Waals surface area contributed by atoms with Crippen LogP contribution in [-0.4, -0.2) is 27.2 Å². The average molecular weight is 405 g/mol. The van der Waals surface area contributed by atoms with Crippen LogP contribution in [0.4, 0.5) is 0 Å². The average Bonchev–Trinajstić information content (AvgIpc) is 2.77. The van der Waals surface area contributed by atoms with Crippen LogP contribution in [0.2, 0.25) is 0 Å². The zero-order valence-corrected chi connectivity index (χ0v) is 17.1. The summed E-state index contributed by atoms with van der Waals surface area (Å²) in [5.74, 6) is 2.32. The van der Waals surface area contributed by atoms with Crippen LogP contribution < -0.4 is 24.7 Å². The number of rotatable bonds is 6. The number of primary amides is 1. The van der Waals surface area contributed by atoms with Crippen LogP contribution in [0.15, 0.2) is 54.6 Å². The highest BCUT2D eigenvalue weighted by atomic mass is 16.5. The number of methoxy groups -OCH3 is 3. The summed E-state index contributed by atoms with van der Waals surface area (Å²) in [7, 11) is 4.84. The van der Waals surface area contributed by atoms with Crippen molar-refractivity contribution in [2.24, 2.45) is 5.73 Å². The van der Waals surface area contributed by atoms with E-state index in [0.29, 0.717) is 11.5 Å². The summed E-state index contributed by atoms with van der Waals surface area (Å²) in [5.41, 5.74) is 9.95. The molecule has 0 aromatic heterocycles. The van der Waals surface area contributed by atoms with Gasteiger partial charge in [-0.15, -0.1) is 0 Å². The minimum Gasteiger partial charge on any atom is -0.496 e. The molecule has 1 atom stereocenters. The minimum absolute atomic E-state index is 0.157. The molecule has 154 valence electrons. The SMILES string of the molecule is COc1ccc(C2Oc3cccc(OC)c3-c3ccc(CC(N)=O)cc32)cc1OC. The number of nitrogens with two attached hydrogens (primary N) is 1. The number of amides is 1. The molecule has 1 aliphatic heterocycles. The Labute approximate surface area is 175 Å². The number of carbonyl (C=O) groups is 1. The van der Waals surface area contributed by atoms with E-state index in [1.165, 1.54) is 0 Å². The minimum atomic E-state index is -0.396. The van der Waals surface area contributed by atoms with Crippen molar-refractivity contribution < 1.29 is 23.7 Å². The van der Waals surface area contributed by atoms with Gasteiger partial charge in [-0.3, -0.25) is 4.79 Å². The van der Waals surface area contributed by atoms with E-state index in [1.54, 1.807) is 21.3 Å². The second kappa shape index (κ2) is 7.99. The van der Waals surface area contributed by atoms with Gasteiger partial charge in [0, 0.05) is 11.1 Å². The largest absolute Gasteiger partial charge is 0.496 e.